The fourth-order valence-electron chi connectivity index (χ4n) is 2.34. The number of ether oxygens (including phenoxy) is 1. The molecule has 21 heavy (non-hydrogen) atoms. The first-order chi connectivity index (χ1) is 10.2. The van der Waals surface area contributed by atoms with Crippen molar-refractivity contribution in [3.63, 3.8) is 0 Å². The lowest BCUT2D eigenvalue weighted by Gasteiger charge is -2.10. The van der Waals surface area contributed by atoms with Gasteiger partial charge in [-0.2, -0.15) is 5.10 Å². The molecule has 3 rings (SSSR count). The highest BCUT2D eigenvalue weighted by Crippen LogP contribution is 2.19. The normalized spacial score (nSPS) is 17.9. The largest absolute Gasteiger partial charge is 0.381 e. The smallest absolute Gasteiger partial charge is 0.225 e. The molecule has 7 nitrogen and oxygen atoms in total. The van der Waals surface area contributed by atoms with Crippen LogP contribution in [0.2, 0.25) is 0 Å². The van der Waals surface area contributed by atoms with Crippen molar-refractivity contribution < 1.29 is 9.53 Å². The standard InChI is InChI=1S/C14H17N5O2/c1-19-8-11(6-18-19)13-12(15-3-4-16-13)7-17-14(20)10-2-5-21-9-10/h3-4,6,8,10H,2,5,7,9H2,1H3,(H,17,20). The number of hydrogen-bond donors (Lipinski definition) is 1. The van der Waals surface area contributed by atoms with Gasteiger partial charge in [0.2, 0.25) is 5.91 Å². The third-order valence-corrected chi connectivity index (χ3v) is 3.48. The molecule has 1 aliphatic rings. The topological polar surface area (TPSA) is 81.9 Å². The molecule has 2 aromatic rings. The summed E-state index contributed by atoms with van der Waals surface area (Å²) in [6, 6.07) is 0. The van der Waals surface area contributed by atoms with Gasteiger partial charge in [0.1, 0.15) is 0 Å². The number of nitrogens with one attached hydrogen (secondary N) is 1. The van der Waals surface area contributed by atoms with Crippen LogP contribution in [0, 0.1) is 5.92 Å². The zero-order valence-corrected chi connectivity index (χ0v) is 11.8. The van der Waals surface area contributed by atoms with Crippen molar-refractivity contribution in [1.82, 2.24) is 25.1 Å². The highest BCUT2D eigenvalue weighted by Gasteiger charge is 2.23. The van der Waals surface area contributed by atoms with Crippen LogP contribution >= 0.6 is 0 Å². The summed E-state index contributed by atoms with van der Waals surface area (Å²) in [5.41, 5.74) is 2.37. The van der Waals surface area contributed by atoms with E-state index >= 15 is 0 Å². The van der Waals surface area contributed by atoms with Crippen molar-refractivity contribution in [1.29, 1.82) is 0 Å². The van der Waals surface area contributed by atoms with E-state index in [9.17, 15) is 4.79 Å². The predicted octanol–water partition coefficient (Wildman–Crippen LogP) is 0.530. The summed E-state index contributed by atoms with van der Waals surface area (Å²) in [5.74, 6) is -0.0428. The lowest BCUT2D eigenvalue weighted by atomic mass is 10.1. The Kier molecular flexibility index (Phi) is 3.92. The van der Waals surface area contributed by atoms with Crippen molar-refractivity contribution in [2.24, 2.45) is 13.0 Å². The van der Waals surface area contributed by atoms with Crippen molar-refractivity contribution in [3.8, 4) is 11.3 Å². The molecule has 7 heteroatoms. The van der Waals surface area contributed by atoms with Gasteiger partial charge in [0.25, 0.3) is 0 Å². The highest BCUT2D eigenvalue weighted by atomic mass is 16.5. The lowest BCUT2D eigenvalue weighted by Crippen LogP contribution is -2.31. The molecule has 1 unspecified atom stereocenters. The summed E-state index contributed by atoms with van der Waals surface area (Å²) < 4.78 is 6.94. The summed E-state index contributed by atoms with van der Waals surface area (Å²) in [6.07, 6.45) is 7.65. The maximum absolute atomic E-state index is 12.0. The van der Waals surface area contributed by atoms with Gasteiger partial charge in [-0.05, 0) is 6.42 Å². The van der Waals surface area contributed by atoms with Crippen LogP contribution in [0.4, 0.5) is 0 Å². The zero-order chi connectivity index (χ0) is 14.7. The van der Waals surface area contributed by atoms with Crippen molar-refractivity contribution in [3.05, 3.63) is 30.5 Å². The van der Waals surface area contributed by atoms with Crippen LogP contribution < -0.4 is 5.32 Å². The first kappa shape index (κ1) is 13.7. The third-order valence-electron chi connectivity index (χ3n) is 3.48. The molecule has 0 spiro atoms. The van der Waals surface area contributed by atoms with Gasteiger partial charge in [0.05, 0.1) is 36.7 Å². The van der Waals surface area contributed by atoms with Gasteiger partial charge in [-0.25, -0.2) is 0 Å². The number of aromatic nitrogens is 4. The van der Waals surface area contributed by atoms with E-state index in [0.717, 1.165) is 23.4 Å². The average Bonchev–Trinajstić information content (AvgIpc) is 3.16. The van der Waals surface area contributed by atoms with Crippen molar-refractivity contribution >= 4 is 5.91 Å². The van der Waals surface area contributed by atoms with Crippen LogP contribution in [0.25, 0.3) is 11.3 Å². The molecule has 0 aliphatic carbocycles. The van der Waals surface area contributed by atoms with E-state index < -0.39 is 0 Å². The Hall–Kier alpha value is -2.28. The first-order valence-corrected chi connectivity index (χ1v) is 6.88. The summed E-state index contributed by atoms with van der Waals surface area (Å²) in [4.78, 5) is 20.7. The van der Waals surface area contributed by atoms with E-state index in [-0.39, 0.29) is 11.8 Å². The van der Waals surface area contributed by atoms with Gasteiger partial charge in [-0.3, -0.25) is 19.4 Å². The molecule has 1 fully saturated rings. The number of aryl methyl sites for hydroxylation is 1. The molecule has 0 saturated carbocycles. The van der Waals surface area contributed by atoms with Crippen molar-refractivity contribution in [2.45, 2.75) is 13.0 Å². The second-order valence-corrected chi connectivity index (χ2v) is 5.03. The number of hydrogen-bond acceptors (Lipinski definition) is 5. The summed E-state index contributed by atoms with van der Waals surface area (Å²) in [7, 11) is 1.85. The van der Waals surface area contributed by atoms with Crippen LogP contribution in [0.1, 0.15) is 12.1 Å². The van der Waals surface area contributed by atoms with Crippen LogP contribution in [0.3, 0.4) is 0 Å². The number of nitrogens with zero attached hydrogens (tertiary/aromatic N) is 4. The summed E-state index contributed by atoms with van der Waals surface area (Å²) in [6.45, 7) is 1.51. The van der Waals surface area contributed by atoms with Crippen molar-refractivity contribution in [2.75, 3.05) is 13.2 Å². The van der Waals surface area contributed by atoms with E-state index in [1.807, 2.05) is 13.2 Å². The fourth-order valence-corrected chi connectivity index (χ4v) is 2.34. The number of carbonyl (C=O) groups is 1. The Balaban J connectivity index is 1.72. The maximum Gasteiger partial charge on any atom is 0.225 e. The van der Waals surface area contributed by atoms with Gasteiger partial charge in [-0.1, -0.05) is 0 Å². The van der Waals surface area contributed by atoms with Crippen LogP contribution in [0.15, 0.2) is 24.8 Å². The minimum absolute atomic E-state index is 0.00953. The Morgan fingerprint density at radius 1 is 1.48 bits per heavy atom. The number of amides is 1. The second-order valence-electron chi connectivity index (χ2n) is 5.03. The molecule has 1 aliphatic heterocycles. The summed E-state index contributed by atoms with van der Waals surface area (Å²) >= 11 is 0. The molecule has 1 N–H and O–H groups in total. The number of rotatable bonds is 4. The predicted molar refractivity (Wildman–Crippen MR) is 75.0 cm³/mol. The zero-order valence-electron chi connectivity index (χ0n) is 11.8. The maximum atomic E-state index is 12.0. The molecule has 0 radical (unpaired) electrons. The lowest BCUT2D eigenvalue weighted by molar-refractivity contribution is -0.125. The molecular weight excluding hydrogens is 270 g/mol. The van der Waals surface area contributed by atoms with Gasteiger partial charge in [-0.15, -0.1) is 0 Å². The average molecular weight is 287 g/mol. The molecule has 0 bridgehead atoms. The van der Waals surface area contributed by atoms with E-state index in [0.29, 0.717) is 19.8 Å². The Morgan fingerprint density at radius 3 is 3.05 bits per heavy atom. The third kappa shape index (κ3) is 3.08. The molecular formula is C14H17N5O2. The first-order valence-electron chi connectivity index (χ1n) is 6.88. The molecule has 1 saturated heterocycles. The Morgan fingerprint density at radius 2 is 2.33 bits per heavy atom. The van der Waals surface area contributed by atoms with Crippen LogP contribution in [-0.4, -0.2) is 38.9 Å². The van der Waals surface area contributed by atoms with Gasteiger partial charge >= 0.3 is 0 Å². The van der Waals surface area contributed by atoms with E-state index in [1.54, 1.807) is 23.3 Å². The van der Waals surface area contributed by atoms with Gasteiger partial charge in [0.15, 0.2) is 0 Å². The SMILES string of the molecule is Cn1cc(-c2nccnc2CNC(=O)C2CCOC2)cn1. The molecule has 0 aromatic carbocycles. The van der Waals surface area contributed by atoms with Crippen LogP contribution in [-0.2, 0) is 23.1 Å². The highest BCUT2D eigenvalue weighted by molar-refractivity contribution is 5.79. The van der Waals surface area contributed by atoms with Gasteiger partial charge < -0.3 is 10.1 Å². The van der Waals surface area contributed by atoms with E-state index in [2.05, 4.69) is 20.4 Å². The Labute approximate surface area is 122 Å². The molecule has 110 valence electrons. The fraction of sp³-hybridized carbons (Fsp3) is 0.429. The molecule has 3 heterocycles. The minimum Gasteiger partial charge on any atom is -0.381 e. The van der Waals surface area contributed by atoms with E-state index in [1.165, 1.54) is 0 Å². The van der Waals surface area contributed by atoms with Gasteiger partial charge in [0, 0.05) is 37.8 Å². The van der Waals surface area contributed by atoms with E-state index in [4.69, 9.17) is 4.74 Å². The molecule has 2 aromatic heterocycles. The van der Waals surface area contributed by atoms with Crippen LogP contribution in [0.5, 0.6) is 0 Å². The number of carbonyl (C=O) groups excluding carboxylic acids is 1. The molecule has 1 atom stereocenters. The minimum atomic E-state index is -0.0523. The monoisotopic (exact) mass is 287 g/mol. The summed E-state index contributed by atoms with van der Waals surface area (Å²) in [5, 5.41) is 7.05. The molecule has 1 amide bonds. The Bertz CT molecular complexity index is 634. The second kappa shape index (κ2) is 6.01. The quantitative estimate of drug-likeness (QED) is 0.887.